The zero-order valence-corrected chi connectivity index (χ0v) is 11.3. The molecule has 0 aliphatic heterocycles. The van der Waals surface area contributed by atoms with Crippen LogP contribution in [0.15, 0.2) is 5.38 Å². The van der Waals surface area contributed by atoms with Gasteiger partial charge in [0.1, 0.15) is 4.88 Å². The number of carboxylic acid groups (broad SMARTS) is 1. The molecular formula is C13H20O2S. The molecule has 2 rings (SSSR count). The van der Waals surface area contributed by atoms with Crippen molar-refractivity contribution in [3.63, 3.8) is 0 Å². The van der Waals surface area contributed by atoms with E-state index in [4.69, 9.17) is 5.11 Å². The van der Waals surface area contributed by atoms with E-state index >= 15 is 0 Å². The van der Waals surface area contributed by atoms with E-state index < -0.39 is 5.97 Å². The Morgan fingerprint density at radius 2 is 2.06 bits per heavy atom. The summed E-state index contributed by atoms with van der Waals surface area (Å²) < 4.78 is 0. The Labute approximate surface area is 101 Å². The molecule has 1 aromatic rings. The van der Waals surface area contributed by atoms with Crippen molar-refractivity contribution in [2.24, 2.45) is 5.41 Å². The Balaban J connectivity index is 0.000000606. The minimum Gasteiger partial charge on any atom is -0.477 e. The average Bonchev–Trinajstić information content (AvgIpc) is 2.61. The first kappa shape index (κ1) is 13.2. The second kappa shape index (κ2) is 5.00. The van der Waals surface area contributed by atoms with Crippen LogP contribution in [0.25, 0.3) is 0 Å². The van der Waals surface area contributed by atoms with Crippen molar-refractivity contribution in [3.8, 4) is 0 Å². The third-order valence-corrected chi connectivity index (χ3v) is 3.95. The molecule has 0 saturated heterocycles. The molecule has 1 aromatic heterocycles. The summed E-state index contributed by atoms with van der Waals surface area (Å²) in [5.74, 6) is -0.768. The molecular weight excluding hydrogens is 220 g/mol. The lowest BCUT2D eigenvalue weighted by molar-refractivity contribution is 0.0700. The number of fused-ring (bicyclic) bond motifs is 1. The molecule has 0 radical (unpaired) electrons. The van der Waals surface area contributed by atoms with Gasteiger partial charge in [0, 0.05) is 0 Å². The molecule has 1 N–H and O–H groups in total. The van der Waals surface area contributed by atoms with Crippen molar-refractivity contribution >= 4 is 17.3 Å². The second-order valence-corrected chi connectivity index (χ2v) is 5.59. The van der Waals surface area contributed by atoms with Gasteiger partial charge in [-0.1, -0.05) is 27.7 Å². The monoisotopic (exact) mass is 240 g/mol. The first-order valence-corrected chi connectivity index (χ1v) is 6.70. The van der Waals surface area contributed by atoms with E-state index in [2.05, 4.69) is 13.8 Å². The maximum Gasteiger partial charge on any atom is 0.346 e. The number of hydrogen-bond acceptors (Lipinski definition) is 2. The molecule has 0 spiro atoms. The first-order valence-electron chi connectivity index (χ1n) is 5.82. The lowest BCUT2D eigenvalue weighted by atomic mass is 9.75. The molecule has 90 valence electrons. The Bertz CT molecular complexity index is 377. The molecule has 0 fully saturated rings. The van der Waals surface area contributed by atoms with Crippen LogP contribution in [0.5, 0.6) is 0 Å². The van der Waals surface area contributed by atoms with Gasteiger partial charge in [-0.25, -0.2) is 4.79 Å². The highest BCUT2D eigenvalue weighted by Gasteiger charge is 2.29. The number of aromatic carboxylic acids is 1. The Morgan fingerprint density at radius 1 is 1.44 bits per heavy atom. The highest BCUT2D eigenvalue weighted by atomic mass is 32.1. The molecule has 0 bridgehead atoms. The standard InChI is InChI=1S/C11H14O2S.C2H6/c1-11(2)4-3-8-7(5-11)6-14-9(8)10(12)13;1-2/h6H,3-5H2,1-2H3,(H,12,13);1-2H3. The summed E-state index contributed by atoms with van der Waals surface area (Å²) in [5.41, 5.74) is 2.68. The third kappa shape index (κ3) is 2.64. The van der Waals surface area contributed by atoms with E-state index in [-0.39, 0.29) is 0 Å². The number of hydrogen-bond donors (Lipinski definition) is 1. The predicted octanol–water partition coefficient (Wildman–Crippen LogP) is 3.99. The second-order valence-electron chi connectivity index (χ2n) is 4.71. The van der Waals surface area contributed by atoms with Gasteiger partial charge in [-0.2, -0.15) is 0 Å². The van der Waals surface area contributed by atoms with Crippen LogP contribution in [0.2, 0.25) is 0 Å². The van der Waals surface area contributed by atoms with Crippen molar-refractivity contribution in [2.75, 3.05) is 0 Å². The van der Waals surface area contributed by atoms with Gasteiger partial charge in [0.15, 0.2) is 0 Å². The maximum absolute atomic E-state index is 10.9. The first-order chi connectivity index (χ1) is 7.49. The number of carbonyl (C=O) groups is 1. The molecule has 16 heavy (non-hydrogen) atoms. The van der Waals surface area contributed by atoms with Gasteiger partial charge in [-0.3, -0.25) is 0 Å². The minimum atomic E-state index is -0.768. The number of rotatable bonds is 1. The van der Waals surface area contributed by atoms with Crippen molar-refractivity contribution in [1.82, 2.24) is 0 Å². The molecule has 2 nitrogen and oxygen atoms in total. The summed E-state index contributed by atoms with van der Waals surface area (Å²) in [5, 5.41) is 11.0. The molecule has 1 aliphatic carbocycles. The quantitative estimate of drug-likeness (QED) is 0.806. The molecule has 1 aliphatic rings. The van der Waals surface area contributed by atoms with Crippen molar-refractivity contribution in [2.45, 2.75) is 47.0 Å². The molecule has 0 unspecified atom stereocenters. The summed E-state index contributed by atoms with van der Waals surface area (Å²) in [6.45, 7) is 8.49. The van der Waals surface area contributed by atoms with Crippen molar-refractivity contribution in [1.29, 1.82) is 0 Å². The summed E-state index contributed by atoms with van der Waals surface area (Å²) in [4.78, 5) is 11.5. The maximum atomic E-state index is 10.9. The zero-order chi connectivity index (χ0) is 12.3. The molecule has 0 amide bonds. The highest BCUT2D eigenvalue weighted by Crippen LogP contribution is 2.38. The van der Waals surface area contributed by atoms with Crippen LogP contribution in [0.1, 0.15) is 54.9 Å². The van der Waals surface area contributed by atoms with Crippen LogP contribution in [0, 0.1) is 5.41 Å². The molecule has 0 aromatic carbocycles. The van der Waals surface area contributed by atoms with E-state index in [1.54, 1.807) is 0 Å². The summed E-state index contributed by atoms with van der Waals surface area (Å²) in [7, 11) is 0. The van der Waals surface area contributed by atoms with Crippen LogP contribution in [0.3, 0.4) is 0 Å². The largest absolute Gasteiger partial charge is 0.477 e. The summed E-state index contributed by atoms with van der Waals surface area (Å²) in [6, 6.07) is 0. The Hall–Kier alpha value is -0.830. The van der Waals surface area contributed by atoms with Crippen LogP contribution in [-0.4, -0.2) is 11.1 Å². The highest BCUT2D eigenvalue weighted by molar-refractivity contribution is 7.12. The SMILES string of the molecule is CC.CC1(C)CCc2c(csc2C(=O)O)C1. The van der Waals surface area contributed by atoms with Crippen LogP contribution in [0.4, 0.5) is 0 Å². The third-order valence-electron chi connectivity index (χ3n) is 2.90. The van der Waals surface area contributed by atoms with Crippen LogP contribution < -0.4 is 0 Å². The Kier molecular flexibility index (Phi) is 4.14. The number of thiophene rings is 1. The minimum absolute atomic E-state index is 0.337. The fourth-order valence-corrected chi connectivity index (χ4v) is 3.05. The number of carboxylic acids is 1. The van der Waals surface area contributed by atoms with Crippen molar-refractivity contribution < 1.29 is 9.90 Å². The van der Waals surface area contributed by atoms with Gasteiger partial charge in [0.05, 0.1) is 0 Å². The van der Waals surface area contributed by atoms with Crippen LogP contribution in [-0.2, 0) is 12.8 Å². The van der Waals surface area contributed by atoms with E-state index in [1.165, 1.54) is 16.9 Å². The van der Waals surface area contributed by atoms with Gasteiger partial charge >= 0.3 is 5.97 Å². The van der Waals surface area contributed by atoms with Gasteiger partial charge in [-0.15, -0.1) is 11.3 Å². The lowest BCUT2D eigenvalue weighted by Crippen LogP contribution is -2.22. The van der Waals surface area contributed by atoms with E-state index in [1.807, 2.05) is 19.2 Å². The smallest absolute Gasteiger partial charge is 0.346 e. The normalized spacial score (nSPS) is 17.0. The predicted molar refractivity (Wildman–Crippen MR) is 68.4 cm³/mol. The molecule has 0 atom stereocenters. The van der Waals surface area contributed by atoms with Crippen LogP contribution >= 0.6 is 11.3 Å². The van der Waals surface area contributed by atoms with Crippen molar-refractivity contribution in [3.05, 3.63) is 21.4 Å². The van der Waals surface area contributed by atoms with Gasteiger partial charge in [0.2, 0.25) is 0 Å². The molecule has 0 saturated carbocycles. The van der Waals surface area contributed by atoms with Gasteiger partial charge in [-0.05, 0) is 41.2 Å². The fourth-order valence-electron chi connectivity index (χ4n) is 2.09. The molecule has 1 heterocycles. The van der Waals surface area contributed by atoms with Gasteiger partial charge < -0.3 is 5.11 Å². The van der Waals surface area contributed by atoms with E-state index in [0.717, 1.165) is 24.8 Å². The van der Waals surface area contributed by atoms with Gasteiger partial charge in [0.25, 0.3) is 0 Å². The summed E-state index contributed by atoms with van der Waals surface area (Å²) in [6.07, 6.45) is 3.04. The zero-order valence-electron chi connectivity index (χ0n) is 10.5. The van der Waals surface area contributed by atoms with E-state index in [9.17, 15) is 4.79 Å². The topological polar surface area (TPSA) is 37.3 Å². The lowest BCUT2D eigenvalue weighted by Gasteiger charge is -2.29. The average molecular weight is 240 g/mol. The van der Waals surface area contributed by atoms with E-state index in [0.29, 0.717) is 10.3 Å². The fraction of sp³-hybridized carbons (Fsp3) is 0.615. The summed E-state index contributed by atoms with van der Waals surface area (Å²) >= 11 is 1.37. The molecule has 3 heteroatoms. The Morgan fingerprint density at radius 3 is 2.62 bits per heavy atom.